The molecule has 4 rings (SSSR count). The summed E-state index contributed by atoms with van der Waals surface area (Å²) in [6.45, 7) is 1.87. The second-order valence-electron chi connectivity index (χ2n) is 7.22. The van der Waals surface area contributed by atoms with E-state index in [0.29, 0.717) is 9.93 Å². The first-order valence-electron chi connectivity index (χ1n) is 9.91. The normalized spacial score (nSPS) is 15.5. The number of nitrogens with one attached hydrogen (secondary N) is 1. The molecule has 1 N–H and O–H groups in total. The van der Waals surface area contributed by atoms with Crippen molar-refractivity contribution in [3.05, 3.63) is 99.9 Å². The largest absolute Gasteiger partial charge is 0.348 e. The lowest BCUT2D eigenvalue weighted by Gasteiger charge is -2.30. The Morgan fingerprint density at radius 1 is 1.06 bits per heavy atom. The molecule has 1 aliphatic heterocycles. The fourth-order valence-electron chi connectivity index (χ4n) is 3.42. The van der Waals surface area contributed by atoms with Gasteiger partial charge in [0.2, 0.25) is 5.91 Å². The smallest absolute Gasteiger partial charge is 0.265 e. The van der Waals surface area contributed by atoms with Crippen molar-refractivity contribution < 1.29 is 9.59 Å². The van der Waals surface area contributed by atoms with Gasteiger partial charge in [0, 0.05) is 9.92 Å². The van der Waals surface area contributed by atoms with E-state index in [0.717, 1.165) is 21.7 Å². The van der Waals surface area contributed by atoms with Gasteiger partial charge in [-0.3, -0.25) is 14.5 Å². The van der Waals surface area contributed by atoms with Crippen LogP contribution in [0.5, 0.6) is 0 Å². The van der Waals surface area contributed by atoms with E-state index in [1.807, 2.05) is 85.8 Å². The molecule has 0 fully saturated rings. The predicted molar refractivity (Wildman–Crippen MR) is 127 cm³/mol. The van der Waals surface area contributed by atoms with Crippen molar-refractivity contribution in [2.24, 2.45) is 0 Å². The Hall–Kier alpha value is -3.02. The quantitative estimate of drug-likeness (QED) is 0.509. The van der Waals surface area contributed by atoms with Gasteiger partial charge < -0.3 is 5.32 Å². The fraction of sp³-hybridized carbons (Fsp3) is 0.120. The third-order valence-electron chi connectivity index (χ3n) is 4.96. The molecule has 0 radical (unpaired) electrons. The van der Waals surface area contributed by atoms with E-state index < -0.39 is 0 Å². The van der Waals surface area contributed by atoms with Gasteiger partial charge >= 0.3 is 0 Å². The number of hydrogen-bond acceptors (Lipinski definition) is 3. The minimum Gasteiger partial charge on any atom is -0.348 e. The number of fused-ring (bicyclic) bond motifs is 1. The summed E-state index contributed by atoms with van der Waals surface area (Å²) in [5, 5.41) is 3.60. The van der Waals surface area contributed by atoms with Crippen LogP contribution in [0.25, 0.3) is 6.08 Å². The number of amides is 2. The monoisotopic (exact) mass is 448 g/mol. The van der Waals surface area contributed by atoms with Crippen LogP contribution in [0.2, 0.25) is 5.02 Å². The Kier molecular flexibility index (Phi) is 6.44. The van der Waals surface area contributed by atoms with Crippen molar-refractivity contribution in [3.8, 4) is 0 Å². The molecule has 1 aliphatic rings. The molecule has 0 aromatic heterocycles. The number of thioether (sulfide) groups is 1. The molecule has 4 nitrogen and oxygen atoms in total. The number of carbonyl (C=O) groups excluding carboxylic acids is 2. The molecule has 2 amide bonds. The second-order valence-corrected chi connectivity index (χ2v) is 8.74. The van der Waals surface area contributed by atoms with E-state index in [1.165, 1.54) is 16.7 Å². The Labute approximate surface area is 190 Å². The van der Waals surface area contributed by atoms with Gasteiger partial charge in [0.15, 0.2) is 0 Å². The molecular formula is C25H21ClN2O2S. The molecule has 3 aromatic rings. The topological polar surface area (TPSA) is 49.4 Å². The van der Waals surface area contributed by atoms with Crippen LogP contribution < -0.4 is 10.2 Å². The summed E-state index contributed by atoms with van der Waals surface area (Å²) in [6, 6.07) is 24.5. The zero-order chi connectivity index (χ0) is 21.8. The number of anilines is 1. The van der Waals surface area contributed by atoms with Gasteiger partial charge in [-0.15, -0.1) is 0 Å². The van der Waals surface area contributed by atoms with Crippen LogP contribution in [0.4, 0.5) is 5.69 Å². The standard InChI is InChI=1S/C25H21ClN2O2S/c1-17(19-9-3-2-4-10-19)27-24(29)16-28-21-12-5-6-13-22(21)31-23(25(28)30)15-18-8-7-11-20(26)14-18/h2-15,17H,16H2,1H3,(H,27,29)/b23-15+. The van der Waals surface area contributed by atoms with Gasteiger partial charge in [-0.1, -0.05) is 78.0 Å². The Morgan fingerprint density at radius 3 is 2.58 bits per heavy atom. The van der Waals surface area contributed by atoms with Crippen LogP contribution in [-0.4, -0.2) is 18.4 Å². The highest BCUT2D eigenvalue weighted by atomic mass is 35.5. The van der Waals surface area contributed by atoms with Crippen molar-refractivity contribution in [1.29, 1.82) is 0 Å². The number of hydrogen-bond donors (Lipinski definition) is 1. The van der Waals surface area contributed by atoms with Crippen LogP contribution in [0.3, 0.4) is 0 Å². The number of halogens is 1. The second kappa shape index (κ2) is 9.41. The summed E-state index contributed by atoms with van der Waals surface area (Å²) >= 11 is 7.49. The summed E-state index contributed by atoms with van der Waals surface area (Å²) < 4.78 is 0. The van der Waals surface area contributed by atoms with E-state index in [-0.39, 0.29) is 24.4 Å². The van der Waals surface area contributed by atoms with Crippen molar-refractivity contribution >= 4 is 46.9 Å². The van der Waals surface area contributed by atoms with Gasteiger partial charge in [0.1, 0.15) is 6.54 Å². The summed E-state index contributed by atoms with van der Waals surface area (Å²) in [4.78, 5) is 29.1. The maximum Gasteiger partial charge on any atom is 0.265 e. The average Bonchev–Trinajstić information content (AvgIpc) is 2.77. The van der Waals surface area contributed by atoms with Crippen molar-refractivity contribution in [2.75, 3.05) is 11.4 Å². The molecule has 31 heavy (non-hydrogen) atoms. The average molecular weight is 449 g/mol. The van der Waals surface area contributed by atoms with Crippen LogP contribution in [0.15, 0.2) is 88.7 Å². The molecule has 0 saturated heterocycles. The molecular weight excluding hydrogens is 428 g/mol. The highest BCUT2D eigenvalue weighted by Gasteiger charge is 2.30. The fourth-order valence-corrected chi connectivity index (χ4v) is 4.68. The molecule has 3 aromatic carbocycles. The minimum absolute atomic E-state index is 0.0551. The predicted octanol–water partition coefficient (Wildman–Crippen LogP) is 5.70. The molecule has 6 heteroatoms. The van der Waals surface area contributed by atoms with Crippen LogP contribution in [0.1, 0.15) is 24.1 Å². The lowest BCUT2D eigenvalue weighted by atomic mass is 10.1. The number of rotatable bonds is 5. The maximum atomic E-state index is 13.3. The van der Waals surface area contributed by atoms with Crippen molar-refractivity contribution in [1.82, 2.24) is 5.32 Å². The van der Waals surface area contributed by atoms with Crippen LogP contribution in [-0.2, 0) is 9.59 Å². The Morgan fingerprint density at radius 2 is 1.81 bits per heavy atom. The molecule has 1 atom stereocenters. The summed E-state index contributed by atoms with van der Waals surface area (Å²) in [5.74, 6) is -0.417. The lowest BCUT2D eigenvalue weighted by Crippen LogP contribution is -2.43. The van der Waals surface area contributed by atoms with Gasteiger partial charge in [0.25, 0.3) is 5.91 Å². The van der Waals surface area contributed by atoms with Gasteiger partial charge in [-0.2, -0.15) is 0 Å². The number of para-hydroxylation sites is 1. The van der Waals surface area contributed by atoms with Crippen LogP contribution in [0, 0.1) is 0 Å². The maximum absolute atomic E-state index is 13.3. The van der Waals surface area contributed by atoms with E-state index in [9.17, 15) is 9.59 Å². The Bertz CT molecular complexity index is 1150. The van der Waals surface area contributed by atoms with Gasteiger partial charge in [0.05, 0.1) is 16.6 Å². The molecule has 156 valence electrons. The highest BCUT2D eigenvalue weighted by molar-refractivity contribution is 8.04. The first-order valence-corrected chi connectivity index (χ1v) is 11.1. The van der Waals surface area contributed by atoms with E-state index in [4.69, 9.17) is 11.6 Å². The first-order chi connectivity index (χ1) is 15.0. The van der Waals surface area contributed by atoms with Gasteiger partial charge in [-0.25, -0.2) is 0 Å². The lowest BCUT2D eigenvalue weighted by molar-refractivity contribution is -0.122. The summed E-state index contributed by atoms with van der Waals surface area (Å²) in [7, 11) is 0. The number of benzene rings is 3. The molecule has 0 aliphatic carbocycles. The zero-order valence-corrected chi connectivity index (χ0v) is 18.5. The third-order valence-corrected chi connectivity index (χ3v) is 6.27. The van der Waals surface area contributed by atoms with E-state index in [2.05, 4.69) is 5.32 Å². The SMILES string of the molecule is CC(NC(=O)CN1C(=O)/C(=C\c2cccc(Cl)c2)Sc2ccccc21)c1ccccc1. The number of carbonyl (C=O) groups is 2. The van der Waals surface area contributed by atoms with Gasteiger partial charge in [-0.05, 0) is 48.4 Å². The number of nitrogens with zero attached hydrogens (tertiary/aromatic N) is 1. The summed E-state index contributed by atoms with van der Waals surface area (Å²) in [6.07, 6.45) is 1.81. The first kappa shape index (κ1) is 21.2. The van der Waals surface area contributed by atoms with E-state index >= 15 is 0 Å². The van der Waals surface area contributed by atoms with Crippen LogP contribution >= 0.6 is 23.4 Å². The molecule has 1 unspecified atom stereocenters. The zero-order valence-electron chi connectivity index (χ0n) is 16.9. The molecule has 0 saturated carbocycles. The summed E-state index contributed by atoms with van der Waals surface area (Å²) in [5.41, 5.74) is 2.59. The molecule has 0 bridgehead atoms. The van der Waals surface area contributed by atoms with Crippen molar-refractivity contribution in [2.45, 2.75) is 17.9 Å². The Balaban J connectivity index is 1.58. The third kappa shape index (κ3) is 5.01. The van der Waals surface area contributed by atoms with Crippen molar-refractivity contribution in [3.63, 3.8) is 0 Å². The molecule has 0 spiro atoms. The van der Waals surface area contributed by atoms with E-state index in [1.54, 1.807) is 6.07 Å². The highest BCUT2D eigenvalue weighted by Crippen LogP contribution is 2.42. The minimum atomic E-state index is -0.214. The molecule has 1 heterocycles.